The highest BCUT2D eigenvalue weighted by Crippen LogP contribution is 2.27. The van der Waals surface area contributed by atoms with Crippen LogP contribution in [0.4, 0.5) is 0 Å². The zero-order chi connectivity index (χ0) is 10.7. The predicted molar refractivity (Wildman–Crippen MR) is 65.1 cm³/mol. The molecule has 15 heavy (non-hydrogen) atoms. The van der Waals surface area contributed by atoms with Crippen molar-refractivity contribution in [2.45, 2.75) is 57.5 Å². The first-order valence-corrected chi connectivity index (χ1v) is 6.71. The number of hydrogen-bond donors (Lipinski definition) is 1. The number of nitrogens with zero attached hydrogens (tertiary/aromatic N) is 1. The first kappa shape index (κ1) is 11.4. The van der Waals surface area contributed by atoms with Crippen molar-refractivity contribution in [3.63, 3.8) is 0 Å². The molecule has 88 valence electrons. The monoisotopic (exact) mass is 210 g/mol. The molecule has 3 unspecified atom stereocenters. The summed E-state index contributed by atoms with van der Waals surface area (Å²) < 4.78 is 0. The second-order valence-corrected chi connectivity index (χ2v) is 5.55. The highest BCUT2D eigenvalue weighted by molar-refractivity contribution is 4.85. The van der Waals surface area contributed by atoms with Crippen molar-refractivity contribution >= 4 is 0 Å². The maximum Gasteiger partial charge on any atom is 0.0110 e. The molecular formula is C13H26N2. The van der Waals surface area contributed by atoms with Crippen LogP contribution in [0.2, 0.25) is 0 Å². The minimum absolute atomic E-state index is 0.779. The summed E-state index contributed by atoms with van der Waals surface area (Å²) in [4.78, 5) is 2.76. The minimum atomic E-state index is 0.779. The Morgan fingerprint density at radius 1 is 1.13 bits per heavy atom. The Balaban J connectivity index is 1.86. The summed E-state index contributed by atoms with van der Waals surface area (Å²) in [5.41, 5.74) is 0. The van der Waals surface area contributed by atoms with Crippen LogP contribution in [0.25, 0.3) is 0 Å². The van der Waals surface area contributed by atoms with Gasteiger partial charge in [0.1, 0.15) is 0 Å². The molecule has 1 N–H and O–H groups in total. The molecule has 0 radical (unpaired) electrons. The summed E-state index contributed by atoms with van der Waals surface area (Å²) in [5, 5.41) is 3.46. The molecule has 0 amide bonds. The molecule has 0 aromatic heterocycles. The normalized spacial score (nSPS) is 39.2. The Kier molecular flexibility index (Phi) is 4.04. The molecule has 1 aliphatic carbocycles. The van der Waals surface area contributed by atoms with Gasteiger partial charge >= 0.3 is 0 Å². The van der Waals surface area contributed by atoms with E-state index in [0.29, 0.717) is 0 Å². The summed E-state index contributed by atoms with van der Waals surface area (Å²) in [6, 6.07) is 1.65. The lowest BCUT2D eigenvalue weighted by molar-refractivity contribution is 0.0947. The molecule has 2 fully saturated rings. The Bertz CT molecular complexity index is 193. The van der Waals surface area contributed by atoms with E-state index < -0.39 is 0 Å². The molecule has 2 nitrogen and oxygen atoms in total. The van der Waals surface area contributed by atoms with Crippen LogP contribution in [-0.2, 0) is 0 Å². The molecular weight excluding hydrogens is 184 g/mol. The van der Waals surface area contributed by atoms with Gasteiger partial charge in [0.15, 0.2) is 0 Å². The fourth-order valence-electron chi connectivity index (χ4n) is 3.32. The van der Waals surface area contributed by atoms with Crippen LogP contribution in [0.1, 0.15) is 45.4 Å². The number of nitrogens with one attached hydrogen (secondary N) is 1. The van der Waals surface area contributed by atoms with Crippen molar-refractivity contribution in [3.05, 3.63) is 0 Å². The zero-order valence-electron chi connectivity index (χ0n) is 10.3. The van der Waals surface area contributed by atoms with Crippen LogP contribution in [0.5, 0.6) is 0 Å². The SMILES string of the molecule is CNC1CCCC(N2CCCC(C)C2)C1. The lowest BCUT2D eigenvalue weighted by Crippen LogP contribution is -2.47. The largest absolute Gasteiger partial charge is 0.317 e. The standard InChI is InChI=1S/C13H26N2/c1-11-5-4-8-15(10-11)13-7-3-6-12(9-13)14-2/h11-14H,3-10H2,1-2H3. The highest BCUT2D eigenvalue weighted by atomic mass is 15.2. The van der Waals surface area contributed by atoms with Gasteiger partial charge in [-0.25, -0.2) is 0 Å². The van der Waals surface area contributed by atoms with Crippen LogP contribution in [0.15, 0.2) is 0 Å². The summed E-state index contributed by atoms with van der Waals surface area (Å²) in [5.74, 6) is 0.925. The molecule has 0 aromatic carbocycles. The number of piperidine rings is 1. The fraction of sp³-hybridized carbons (Fsp3) is 1.00. The molecule has 0 spiro atoms. The first-order chi connectivity index (χ1) is 7.29. The van der Waals surface area contributed by atoms with Crippen molar-refractivity contribution < 1.29 is 0 Å². The zero-order valence-corrected chi connectivity index (χ0v) is 10.3. The highest BCUT2D eigenvalue weighted by Gasteiger charge is 2.28. The maximum atomic E-state index is 3.46. The fourth-order valence-corrected chi connectivity index (χ4v) is 3.32. The summed E-state index contributed by atoms with van der Waals surface area (Å²) in [6.45, 7) is 5.11. The van der Waals surface area contributed by atoms with E-state index >= 15 is 0 Å². The van der Waals surface area contributed by atoms with Crippen molar-refractivity contribution in [1.82, 2.24) is 10.2 Å². The van der Waals surface area contributed by atoms with Crippen LogP contribution >= 0.6 is 0 Å². The average molecular weight is 210 g/mol. The number of rotatable bonds is 2. The van der Waals surface area contributed by atoms with Gasteiger partial charge in [0, 0.05) is 18.6 Å². The van der Waals surface area contributed by atoms with Gasteiger partial charge in [-0.1, -0.05) is 13.3 Å². The lowest BCUT2D eigenvalue weighted by atomic mass is 9.88. The van der Waals surface area contributed by atoms with Crippen molar-refractivity contribution in [3.8, 4) is 0 Å². The molecule has 1 heterocycles. The molecule has 2 heteroatoms. The summed E-state index contributed by atoms with van der Waals surface area (Å²) >= 11 is 0. The van der Waals surface area contributed by atoms with E-state index in [4.69, 9.17) is 0 Å². The Morgan fingerprint density at radius 2 is 2.00 bits per heavy atom. The maximum absolute atomic E-state index is 3.46. The minimum Gasteiger partial charge on any atom is -0.317 e. The Morgan fingerprint density at radius 3 is 2.73 bits per heavy atom. The predicted octanol–water partition coefficient (Wildman–Crippen LogP) is 2.25. The van der Waals surface area contributed by atoms with Gasteiger partial charge in [0.25, 0.3) is 0 Å². The second kappa shape index (κ2) is 5.31. The van der Waals surface area contributed by atoms with Gasteiger partial charge in [0.2, 0.25) is 0 Å². The Hall–Kier alpha value is -0.0800. The molecule has 2 aliphatic rings. The van der Waals surface area contributed by atoms with E-state index in [0.717, 1.165) is 18.0 Å². The molecule has 0 aromatic rings. The lowest BCUT2D eigenvalue weighted by Gasteiger charge is -2.41. The van der Waals surface area contributed by atoms with Crippen molar-refractivity contribution in [2.24, 2.45) is 5.92 Å². The van der Waals surface area contributed by atoms with E-state index in [9.17, 15) is 0 Å². The molecule has 1 saturated heterocycles. The van der Waals surface area contributed by atoms with E-state index in [1.54, 1.807) is 0 Å². The summed E-state index contributed by atoms with van der Waals surface area (Å²) in [6.07, 6.45) is 8.48. The molecule has 1 saturated carbocycles. The van der Waals surface area contributed by atoms with Gasteiger partial charge in [-0.05, 0) is 51.6 Å². The average Bonchev–Trinajstić information content (AvgIpc) is 2.29. The molecule has 3 atom stereocenters. The third-order valence-electron chi connectivity index (χ3n) is 4.26. The van der Waals surface area contributed by atoms with E-state index in [1.165, 1.54) is 51.6 Å². The summed E-state index contributed by atoms with van der Waals surface area (Å²) in [7, 11) is 2.12. The molecule has 0 bridgehead atoms. The topological polar surface area (TPSA) is 15.3 Å². The van der Waals surface area contributed by atoms with Crippen LogP contribution in [0.3, 0.4) is 0 Å². The third kappa shape index (κ3) is 2.94. The first-order valence-electron chi connectivity index (χ1n) is 6.71. The van der Waals surface area contributed by atoms with Crippen molar-refractivity contribution in [1.29, 1.82) is 0 Å². The van der Waals surface area contributed by atoms with Gasteiger partial charge in [-0.15, -0.1) is 0 Å². The number of likely N-dealkylation sites (tertiary alicyclic amines) is 1. The van der Waals surface area contributed by atoms with Gasteiger partial charge < -0.3 is 10.2 Å². The van der Waals surface area contributed by atoms with Crippen LogP contribution in [-0.4, -0.2) is 37.1 Å². The van der Waals surface area contributed by atoms with Crippen LogP contribution in [0, 0.1) is 5.92 Å². The Labute approximate surface area is 94.4 Å². The molecule has 1 aliphatic heterocycles. The van der Waals surface area contributed by atoms with Gasteiger partial charge in [-0.2, -0.15) is 0 Å². The second-order valence-electron chi connectivity index (χ2n) is 5.55. The third-order valence-corrected chi connectivity index (χ3v) is 4.26. The quantitative estimate of drug-likeness (QED) is 0.752. The van der Waals surface area contributed by atoms with E-state index in [-0.39, 0.29) is 0 Å². The molecule has 2 rings (SSSR count). The number of hydrogen-bond acceptors (Lipinski definition) is 2. The van der Waals surface area contributed by atoms with Gasteiger partial charge in [-0.3, -0.25) is 0 Å². The van der Waals surface area contributed by atoms with E-state index in [1.807, 2.05) is 0 Å². The smallest absolute Gasteiger partial charge is 0.0110 e. The van der Waals surface area contributed by atoms with Gasteiger partial charge in [0.05, 0.1) is 0 Å². The van der Waals surface area contributed by atoms with Crippen LogP contribution < -0.4 is 5.32 Å². The van der Waals surface area contributed by atoms with E-state index in [2.05, 4.69) is 24.2 Å². The van der Waals surface area contributed by atoms with Crippen molar-refractivity contribution in [2.75, 3.05) is 20.1 Å².